The molecule has 1 aliphatic heterocycles. The molecule has 0 aromatic carbocycles. The van der Waals surface area contributed by atoms with Gasteiger partial charge in [0.25, 0.3) is 0 Å². The Hall–Kier alpha value is -1.65. The summed E-state index contributed by atoms with van der Waals surface area (Å²) in [7, 11) is 0. The maximum atomic E-state index is 11.2. The second-order valence-electron chi connectivity index (χ2n) is 4.94. The lowest BCUT2D eigenvalue weighted by atomic mass is 9.82. The molecule has 0 saturated carbocycles. The summed E-state index contributed by atoms with van der Waals surface area (Å²) in [6.45, 7) is 6.16. The van der Waals surface area contributed by atoms with E-state index in [1.165, 1.54) is 12.5 Å². The van der Waals surface area contributed by atoms with Crippen molar-refractivity contribution in [3.63, 3.8) is 0 Å². The lowest BCUT2D eigenvalue weighted by Gasteiger charge is -2.27. The van der Waals surface area contributed by atoms with E-state index in [-0.39, 0.29) is 5.56 Å². The van der Waals surface area contributed by atoms with Crippen molar-refractivity contribution in [2.45, 2.75) is 33.1 Å². The third-order valence-electron chi connectivity index (χ3n) is 4.16. The lowest BCUT2D eigenvalue weighted by Crippen LogP contribution is -2.28. The minimum Gasteiger partial charge on any atom is -0.477 e. The molecule has 1 N–H and O–H groups in total. The Balaban J connectivity index is 2.27. The Bertz CT molecular complexity index is 444. The molecule has 0 aliphatic carbocycles. The van der Waals surface area contributed by atoms with Gasteiger partial charge in [0, 0.05) is 19.3 Å². The first-order chi connectivity index (χ1) is 8.62. The van der Waals surface area contributed by atoms with Crippen LogP contribution in [-0.4, -0.2) is 34.1 Å². The Morgan fingerprint density at radius 2 is 2.22 bits per heavy atom. The first-order valence-corrected chi connectivity index (χ1v) is 6.40. The van der Waals surface area contributed by atoms with Crippen LogP contribution in [0.4, 0.5) is 5.82 Å². The molecule has 5 heteroatoms. The predicted octanol–water partition coefficient (Wildman–Crippen LogP) is 2.19. The zero-order valence-electron chi connectivity index (χ0n) is 10.9. The van der Waals surface area contributed by atoms with E-state index >= 15 is 0 Å². The van der Waals surface area contributed by atoms with Gasteiger partial charge in [-0.05, 0) is 24.7 Å². The molecule has 0 atom stereocenters. The van der Waals surface area contributed by atoms with Gasteiger partial charge in [-0.1, -0.05) is 13.8 Å². The van der Waals surface area contributed by atoms with E-state index in [0.717, 1.165) is 32.4 Å². The third-order valence-corrected chi connectivity index (χ3v) is 4.16. The average Bonchev–Trinajstić information content (AvgIpc) is 2.83. The highest BCUT2D eigenvalue weighted by atomic mass is 16.4. The van der Waals surface area contributed by atoms with Gasteiger partial charge >= 0.3 is 5.97 Å². The van der Waals surface area contributed by atoms with Crippen LogP contribution in [0.15, 0.2) is 12.5 Å². The Labute approximate surface area is 107 Å². The molecule has 0 amide bonds. The SMILES string of the molecule is CCC1(CC)CCN(c2ncncc2C(=O)O)C1. The fraction of sp³-hybridized carbons (Fsp3) is 0.615. The van der Waals surface area contributed by atoms with Crippen LogP contribution in [0.25, 0.3) is 0 Å². The fourth-order valence-electron chi connectivity index (χ4n) is 2.67. The molecule has 0 unspecified atom stereocenters. The summed E-state index contributed by atoms with van der Waals surface area (Å²) in [6.07, 6.45) is 6.13. The number of nitrogens with zero attached hydrogens (tertiary/aromatic N) is 3. The van der Waals surface area contributed by atoms with Crippen molar-refractivity contribution in [3.05, 3.63) is 18.1 Å². The largest absolute Gasteiger partial charge is 0.477 e. The Morgan fingerprint density at radius 1 is 1.50 bits per heavy atom. The smallest absolute Gasteiger partial charge is 0.341 e. The van der Waals surface area contributed by atoms with Crippen LogP contribution in [-0.2, 0) is 0 Å². The lowest BCUT2D eigenvalue weighted by molar-refractivity contribution is 0.0696. The van der Waals surface area contributed by atoms with E-state index in [0.29, 0.717) is 11.2 Å². The molecule has 1 aromatic rings. The number of rotatable bonds is 4. The molecule has 0 radical (unpaired) electrons. The van der Waals surface area contributed by atoms with Crippen LogP contribution in [0.5, 0.6) is 0 Å². The second-order valence-corrected chi connectivity index (χ2v) is 4.94. The molecule has 0 bridgehead atoms. The number of aromatic nitrogens is 2. The number of carboxylic acids is 1. The highest BCUT2D eigenvalue weighted by Gasteiger charge is 2.36. The molecule has 5 nitrogen and oxygen atoms in total. The summed E-state index contributed by atoms with van der Waals surface area (Å²) in [4.78, 5) is 21.2. The zero-order valence-corrected chi connectivity index (χ0v) is 10.9. The van der Waals surface area contributed by atoms with Crippen LogP contribution in [0.3, 0.4) is 0 Å². The first kappa shape index (κ1) is 12.8. The highest BCUT2D eigenvalue weighted by Crippen LogP contribution is 2.39. The van der Waals surface area contributed by atoms with Gasteiger partial charge in [0.2, 0.25) is 0 Å². The second kappa shape index (κ2) is 4.92. The first-order valence-electron chi connectivity index (χ1n) is 6.40. The molecular formula is C13H19N3O2. The number of aromatic carboxylic acids is 1. The summed E-state index contributed by atoms with van der Waals surface area (Å²) in [5, 5.41) is 9.16. The minimum absolute atomic E-state index is 0.195. The van der Waals surface area contributed by atoms with Crippen LogP contribution in [0.1, 0.15) is 43.5 Å². The van der Waals surface area contributed by atoms with Crippen molar-refractivity contribution in [1.29, 1.82) is 0 Å². The quantitative estimate of drug-likeness (QED) is 0.886. The average molecular weight is 249 g/mol. The van der Waals surface area contributed by atoms with Gasteiger partial charge in [-0.25, -0.2) is 14.8 Å². The molecule has 2 heterocycles. The van der Waals surface area contributed by atoms with Gasteiger partial charge < -0.3 is 10.0 Å². The van der Waals surface area contributed by atoms with Crippen molar-refractivity contribution in [2.24, 2.45) is 5.41 Å². The standard InChI is InChI=1S/C13H19N3O2/c1-3-13(4-2)5-6-16(8-13)11-10(12(17)18)7-14-9-15-11/h7,9H,3-6,8H2,1-2H3,(H,17,18). The maximum Gasteiger partial charge on any atom is 0.341 e. The molecule has 0 spiro atoms. The molecule has 1 aliphatic rings. The van der Waals surface area contributed by atoms with Gasteiger partial charge in [-0.15, -0.1) is 0 Å². The van der Waals surface area contributed by atoms with E-state index in [4.69, 9.17) is 5.11 Å². The van der Waals surface area contributed by atoms with E-state index in [1.807, 2.05) is 0 Å². The van der Waals surface area contributed by atoms with Crippen LogP contribution in [0.2, 0.25) is 0 Å². The molecule has 2 rings (SSSR count). The van der Waals surface area contributed by atoms with Gasteiger partial charge in [-0.2, -0.15) is 0 Å². The third kappa shape index (κ3) is 2.17. The maximum absolute atomic E-state index is 11.2. The summed E-state index contributed by atoms with van der Waals surface area (Å²) in [5.41, 5.74) is 0.501. The van der Waals surface area contributed by atoms with E-state index in [2.05, 4.69) is 28.7 Å². The summed E-state index contributed by atoms with van der Waals surface area (Å²) in [6, 6.07) is 0. The molecule has 18 heavy (non-hydrogen) atoms. The van der Waals surface area contributed by atoms with Gasteiger partial charge in [-0.3, -0.25) is 0 Å². The summed E-state index contributed by atoms with van der Waals surface area (Å²) >= 11 is 0. The number of carboxylic acid groups (broad SMARTS) is 1. The van der Waals surface area contributed by atoms with Crippen molar-refractivity contribution >= 4 is 11.8 Å². The van der Waals surface area contributed by atoms with Gasteiger partial charge in [0.05, 0.1) is 0 Å². The topological polar surface area (TPSA) is 66.3 Å². The van der Waals surface area contributed by atoms with E-state index in [9.17, 15) is 4.79 Å². The van der Waals surface area contributed by atoms with E-state index < -0.39 is 5.97 Å². The molecule has 1 fully saturated rings. The number of anilines is 1. The van der Waals surface area contributed by atoms with Gasteiger partial charge in [0.1, 0.15) is 17.7 Å². The van der Waals surface area contributed by atoms with Crippen molar-refractivity contribution < 1.29 is 9.90 Å². The molecular weight excluding hydrogens is 230 g/mol. The van der Waals surface area contributed by atoms with E-state index in [1.54, 1.807) is 0 Å². The minimum atomic E-state index is -0.962. The molecule has 1 saturated heterocycles. The fourth-order valence-corrected chi connectivity index (χ4v) is 2.67. The number of hydrogen-bond donors (Lipinski definition) is 1. The van der Waals surface area contributed by atoms with Crippen LogP contribution in [0, 0.1) is 5.41 Å². The molecule has 1 aromatic heterocycles. The predicted molar refractivity (Wildman–Crippen MR) is 68.8 cm³/mol. The zero-order chi connectivity index (χ0) is 13.2. The number of carbonyl (C=O) groups is 1. The summed E-state index contributed by atoms with van der Waals surface area (Å²) < 4.78 is 0. The van der Waals surface area contributed by atoms with Crippen molar-refractivity contribution in [3.8, 4) is 0 Å². The highest BCUT2D eigenvalue weighted by molar-refractivity contribution is 5.92. The Morgan fingerprint density at radius 3 is 2.78 bits per heavy atom. The normalized spacial score (nSPS) is 18.0. The number of hydrogen-bond acceptors (Lipinski definition) is 4. The van der Waals surface area contributed by atoms with Crippen molar-refractivity contribution in [2.75, 3.05) is 18.0 Å². The van der Waals surface area contributed by atoms with Gasteiger partial charge in [0.15, 0.2) is 0 Å². The van der Waals surface area contributed by atoms with Crippen LogP contribution >= 0.6 is 0 Å². The Kier molecular flexibility index (Phi) is 3.50. The monoisotopic (exact) mass is 249 g/mol. The molecule has 98 valence electrons. The summed E-state index contributed by atoms with van der Waals surface area (Å²) in [5.74, 6) is -0.405. The van der Waals surface area contributed by atoms with Crippen LogP contribution < -0.4 is 4.90 Å². The van der Waals surface area contributed by atoms with Crippen molar-refractivity contribution in [1.82, 2.24) is 9.97 Å².